The Morgan fingerprint density at radius 1 is 1.53 bits per heavy atom. The van der Waals surface area contributed by atoms with E-state index >= 15 is 0 Å². The Labute approximate surface area is 87.6 Å². The van der Waals surface area contributed by atoms with E-state index in [0.717, 1.165) is 19.4 Å². The number of amides is 1. The number of nitrogens with zero attached hydrogens (tertiary/aromatic N) is 1. The zero-order chi connectivity index (χ0) is 10.4. The molecule has 0 spiro atoms. The first-order valence-corrected chi connectivity index (χ1v) is 5.40. The van der Waals surface area contributed by atoms with Crippen LogP contribution in [0, 0.1) is 0 Å². The van der Waals surface area contributed by atoms with Crippen molar-refractivity contribution in [3.05, 3.63) is 23.7 Å². The fourth-order valence-electron chi connectivity index (χ4n) is 2.73. The number of allylic oxidation sites excluding steroid dienone is 2. The van der Waals surface area contributed by atoms with E-state index in [2.05, 4.69) is 5.32 Å². The highest BCUT2D eigenvalue weighted by atomic mass is 19.1. The highest BCUT2D eigenvalue weighted by Crippen LogP contribution is 2.33. The fraction of sp³-hybridized carbons (Fsp3) is 0.545. The van der Waals surface area contributed by atoms with E-state index in [1.54, 1.807) is 6.08 Å². The Morgan fingerprint density at radius 3 is 3.27 bits per heavy atom. The first-order chi connectivity index (χ1) is 7.27. The van der Waals surface area contributed by atoms with Gasteiger partial charge in [-0.25, -0.2) is 4.39 Å². The molecule has 0 aromatic rings. The number of nitrogens with one attached hydrogen (secondary N) is 1. The minimum absolute atomic E-state index is 0.0596. The van der Waals surface area contributed by atoms with Gasteiger partial charge in [-0.1, -0.05) is 6.08 Å². The third kappa shape index (κ3) is 1.20. The molecule has 1 aliphatic carbocycles. The van der Waals surface area contributed by atoms with Gasteiger partial charge >= 0.3 is 0 Å². The van der Waals surface area contributed by atoms with Gasteiger partial charge in [-0.2, -0.15) is 0 Å². The summed E-state index contributed by atoms with van der Waals surface area (Å²) in [6, 6.07) is -0.273. The third-order valence-electron chi connectivity index (χ3n) is 3.39. The molecule has 2 fully saturated rings. The Hall–Kier alpha value is -1.32. The number of piperazine rings is 1. The number of fused-ring (bicyclic) bond motifs is 3. The van der Waals surface area contributed by atoms with E-state index in [9.17, 15) is 9.18 Å². The van der Waals surface area contributed by atoms with Gasteiger partial charge in [0.25, 0.3) is 0 Å². The van der Waals surface area contributed by atoms with Crippen molar-refractivity contribution in [1.29, 1.82) is 0 Å². The molecule has 0 aromatic heterocycles. The lowest BCUT2D eigenvalue weighted by Crippen LogP contribution is -2.56. The summed E-state index contributed by atoms with van der Waals surface area (Å²) in [5, 5.41) is 2.89. The van der Waals surface area contributed by atoms with Gasteiger partial charge in [0.15, 0.2) is 0 Å². The molecule has 4 heteroatoms. The van der Waals surface area contributed by atoms with Gasteiger partial charge in [0.1, 0.15) is 11.9 Å². The van der Waals surface area contributed by atoms with Crippen LogP contribution < -0.4 is 5.32 Å². The van der Waals surface area contributed by atoms with Crippen LogP contribution in [-0.4, -0.2) is 29.4 Å². The molecule has 0 aromatic carbocycles. The summed E-state index contributed by atoms with van der Waals surface area (Å²) < 4.78 is 13.7. The monoisotopic (exact) mass is 208 g/mol. The van der Waals surface area contributed by atoms with Gasteiger partial charge < -0.3 is 10.2 Å². The van der Waals surface area contributed by atoms with Gasteiger partial charge in [-0.15, -0.1) is 0 Å². The molecule has 2 atom stereocenters. The largest absolute Gasteiger partial charge is 0.359 e. The number of carbonyl (C=O) groups excluding carboxylic acids is 1. The molecule has 1 N–H and O–H groups in total. The van der Waals surface area contributed by atoms with Crippen LogP contribution in [0.3, 0.4) is 0 Å². The number of halogens is 1. The molecule has 3 aliphatic rings. The van der Waals surface area contributed by atoms with Gasteiger partial charge in [0, 0.05) is 6.54 Å². The molecule has 1 amide bonds. The van der Waals surface area contributed by atoms with Gasteiger partial charge in [-0.3, -0.25) is 4.79 Å². The summed E-state index contributed by atoms with van der Waals surface area (Å²) in [4.78, 5) is 13.7. The number of hydrogen-bond donors (Lipinski definition) is 1. The quantitative estimate of drug-likeness (QED) is 0.646. The normalized spacial score (nSPS) is 33.9. The maximum atomic E-state index is 13.7. The molecule has 0 unspecified atom stereocenters. The van der Waals surface area contributed by atoms with E-state index < -0.39 is 0 Å². The first kappa shape index (κ1) is 8.95. The average molecular weight is 208 g/mol. The zero-order valence-electron chi connectivity index (χ0n) is 8.37. The molecule has 0 saturated carbocycles. The molecule has 2 saturated heterocycles. The van der Waals surface area contributed by atoms with Crippen LogP contribution in [0.15, 0.2) is 23.7 Å². The van der Waals surface area contributed by atoms with Crippen molar-refractivity contribution in [3.63, 3.8) is 0 Å². The molecule has 2 heterocycles. The van der Waals surface area contributed by atoms with Crippen LogP contribution >= 0.6 is 0 Å². The summed E-state index contributed by atoms with van der Waals surface area (Å²) in [5.41, 5.74) is 0.694. The molecule has 3 nitrogen and oxygen atoms in total. The second-order valence-corrected chi connectivity index (χ2v) is 4.28. The molecular weight excluding hydrogens is 195 g/mol. The lowest BCUT2D eigenvalue weighted by atomic mass is 9.98. The van der Waals surface area contributed by atoms with Crippen molar-refractivity contribution in [2.45, 2.75) is 31.3 Å². The third-order valence-corrected chi connectivity index (χ3v) is 3.39. The van der Waals surface area contributed by atoms with Crippen LogP contribution in [0.25, 0.3) is 0 Å². The molecule has 0 radical (unpaired) electrons. The lowest BCUT2D eigenvalue weighted by Gasteiger charge is -2.40. The number of rotatable bonds is 0. The fourth-order valence-corrected chi connectivity index (χ4v) is 2.73. The summed E-state index contributed by atoms with van der Waals surface area (Å²) >= 11 is 0. The van der Waals surface area contributed by atoms with E-state index in [1.165, 1.54) is 6.08 Å². The summed E-state index contributed by atoms with van der Waals surface area (Å²) in [5.74, 6) is -0.123. The van der Waals surface area contributed by atoms with E-state index in [0.29, 0.717) is 12.1 Å². The first-order valence-electron chi connectivity index (χ1n) is 5.40. The zero-order valence-corrected chi connectivity index (χ0v) is 8.37. The van der Waals surface area contributed by atoms with E-state index in [1.807, 2.05) is 4.90 Å². The van der Waals surface area contributed by atoms with Crippen LogP contribution in [-0.2, 0) is 4.79 Å². The maximum Gasteiger partial charge on any atom is 0.243 e. The SMILES string of the molecule is O=C1N[C@@H]2CC=CC(F)=C2N2CCC[C@@H]12. The van der Waals surface area contributed by atoms with Crippen LogP contribution in [0.4, 0.5) is 4.39 Å². The van der Waals surface area contributed by atoms with Crippen molar-refractivity contribution in [3.8, 4) is 0 Å². The van der Waals surface area contributed by atoms with Gasteiger partial charge in [-0.05, 0) is 25.3 Å². The predicted octanol–water partition coefficient (Wildman–Crippen LogP) is 1.09. The average Bonchev–Trinajstić information content (AvgIpc) is 2.66. The molecular formula is C11H13FN2O. The highest BCUT2D eigenvalue weighted by molar-refractivity contribution is 5.84. The molecule has 3 rings (SSSR count). The Morgan fingerprint density at radius 2 is 2.40 bits per heavy atom. The Bertz CT molecular complexity index is 375. The Balaban J connectivity index is 2.03. The Kier molecular flexibility index (Phi) is 1.84. The lowest BCUT2D eigenvalue weighted by molar-refractivity contribution is -0.127. The maximum absolute atomic E-state index is 13.7. The van der Waals surface area contributed by atoms with Crippen molar-refractivity contribution in [2.75, 3.05) is 6.54 Å². The molecule has 2 aliphatic heterocycles. The van der Waals surface area contributed by atoms with Gasteiger partial charge in [0.05, 0.1) is 11.7 Å². The molecule has 80 valence electrons. The molecule has 15 heavy (non-hydrogen) atoms. The van der Waals surface area contributed by atoms with E-state index in [4.69, 9.17) is 0 Å². The van der Waals surface area contributed by atoms with Crippen molar-refractivity contribution in [2.24, 2.45) is 0 Å². The standard InChI is InChI=1S/C11H13FN2O/c12-7-3-1-4-8-10(7)14-6-2-5-9(14)11(15)13-8/h1,3,8-9H,2,4-6H2,(H,13,15)/t8-,9+/m1/s1. The van der Waals surface area contributed by atoms with Crippen LogP contribution in [0.1, 0.15) is 19.3 Å². The summed E-state index contributed by atoms with van der Waals surface area (Å²) in [6.45, 7) is 0.811. The number of carbonyl (C=O) groups is 1. The van der Waals surface area contributed by atoms with Crippen LogP contribution in [0.2, 0.25) is 0 Å². The highest BCUT2D eigenvalue weighted by Gasteiger charge is 2.42. The van der Waals surface area contributed by atoms with Crippen molar-refractivity contribution < 1.29 is 9.18 Å². The number of hydrogen-bond acceptors (Lipinski definition) is 2. The molecule has 0 bridgehead atoms. The second-order valence-electron chi connectivity index (χ2n) is 4.28. The van der Waals surface area contributed by atoms with Crippen LogP contribution in [0.5, 0.6) is 0 Å². The smallest absolute Gasteiger partial charge is 0.243 e. The minimum atomic E-state index is -0.182. The van der Waals surface area contributed by atoms with Gasteiger partial charge in [0.2, 0.25) is 5.91 Å². The summed E-state index contributed by atoms with van der Waals surface area (Å²) in [6.07, 6.45) is 5.82. The van der Waals surface area contributed by atoms with Crippen molar-refractivity contribution >= 4 is 5.91 Å². The minimum Gasteiger partial charge on any atom is -0.359 e. The summed E-state index contributed by atoms with van der Waals surface area (Å²) in [7, 11) is 0. The van der Waals surface area contributed by atoms with E-state index in [-0.39, 0.29) is 23.8 Å². The topological polar surface area (TPSA) is 32.3 Å². The predicted molar refractivity (Wildman–Crippen MR) is 53.5 cm³/mol. The second kappa shape index (κ2) is 3.08. The van der Waals surface area contributed by atoms with Crippen molar-refractivity contribution in [1.82, 2.24) is 10.2 Å².